The van der Waals surface area contributed by atoms with E-state index in [1.165, 1.54) is 0 Å². The summed E-state index contributed by atoms with van der Waals surface area (Å²) in [6.07, 6.45) is 2.57. The van der Waals surface area contributed by atoms with Gasteiger partial charge in [-0.05, 0) is 30.7 Å². The molecule has 1 aromatic carbocycles. The maximum atomic E-state index is 5.33. The van der Waals surface area contributed by atoms with Crippen molar-refractivity contribution < 1.29 is 9.47 Å². The number of hydrogen-bond acceptors (Lipinski definition) is 4. The second-order valence-corrected chi connectivity index (χ2v) is 3.52. The molecule has 0 fully saturated rings. The SMILES string of the molecule is CCCOc1ncn(-c2ccc(OC)cc2)n1. The van der Waals surface area contributed by atoms with E-state index in [-0.39, 0.29) is 0 Å². The lowest BCUT2D eigenvalue weighted by Crippen LogP contribution is -1.99. The van der Waals surface area contributed by atoms with Gasteiger partial charge in [-0.15, -0.1) is 5.10 Å². The summed E-state index contributed by atoms with van der Waals surface area (Å²) in [5.41, 5.74) is 0.921. The summed E-state index contributed by atoms with van der Waals surface area (Å²) in [5.74, 6) is 0.816. The van der Waals surface area contributed by atoms with Gasteiger partial charge in [-0.25, -0.2) is 4.68 Å². The van der Waals surface area contributed by atoms with Gasteiger partial charge in [0.1, 0.15) is 12.1 Å². The quantitative estimate of drug-likeness (QED) is 0.793. The van der Waals surface area contributed by atoms with E-state index in [1.54, 1.807) is 18.1 Å². The summed E-state index contributed by atoms with van der Waals surface area (Å²) in [7, 11) is 1.64. The Morgan fingerprint density at radius 1 is 1.24 bits per heavy atom. The molecule has 90 valence electrons. The first-order chi connectivity index (χ1) is 8.33. The highest BCUT2D eigenvalue weighted by atomic mass is 16.5. The summed E-state index contributed by atoms with van der Waals surface area (Å²) in [6, 6.07) is 7.99. The van der Waals surface area contributed by atoms with Crippen LogP contribution in [0.15, 0.2) is 30.6 Å². The van der Waals surface area contributed by atoms with Gasteiger partial charge in [-0.3, -0.25) is 0 Å². The third-order valence-electron chi connectivity index (χ3n) is 2.24. The second-order valence-electron chi connectivity index (χ2n) is 3.52. The molecule has 0 aliphatic carbocycles. The monoisotopic (exact) mass is 233 g/mol. The van der Waals surface area contributed by atoms with Crippen LogP contribution in [0.2, 0.25) is 0 Å². The predicted molar refractivity (Wildman–Crippen MR) is 63.7 cm³/mol. The van der Waals surface area contributed by atoms with Crippen LogP contribution in [-0.2, 0) is 0 Å². The Labute approximate surface area is 100 Å². The van der Waals surface area contributed by atoms with E-state index < -0.39 is 0 Å². The van der Waals surface area contributed by atoms with Crippen molar-refractivity contribution in [2.75, 3.05) is 13.7 Å². The van der Waals surface area contributed by atoms with Crippen LogP contribution in [-0.4, -0.2) is 28.5 Å². The van der Waals surface area contributed by atoms with Crippen molar-refractivity contribution in [3.05, 3.63) is 30.6 Å². The molecule has 5 heteroatoms. The van der Waals surface area contributed by atoms with Gasteiger partial charge >= 0.3 is 6.01 Å². The molecule has 0 aliphatic heterocycles. The molecule has 0 saturated heterocycles. The molecule has 1 aromatic heterocycles. The van der Waals surface area contributed by atoms with Crippen molar-refractivity contribution in [2.45, 2.75) is 13.3 Å². The van der Waals surface area contributed by atoms with Crippen LogP contribution < -0.4 is 9.47 Å². The van der Waals surface area contributed by atoms with E-state index in [0.29, 0.717) is 12.6 Å². The van der Waals surface area contributed by atoms with Crippen LogP contribution in [0.3, 0.4) is 0 Å². The smallest absolute Gasteiger partial charge is 0.335 e. The first kappa shape index (κ1) is 11.4. The Morgan fingerprint density at radius 2 is 2.00 bits per heavy atom. The minimum Gasteiger partial charge on any atom is -0.497 e. The highest BCUT2D eigenvalue weighted by Gasteiger charge is 2.03. The zero-order valence-electron chi connectivity index (χ0n) is 9.96. The van der Waals surface area contributed by atoms with Gasteiger partial charge in [0.25, 0.3) is 0 Å². The zero-order valence-corrected chi connectivity index (χ0v) is 9.96. The van der Waals surface area contributed by atoms with E-state index in [0.717, 1.165) is 17.9 Å². The molecule has 0 unspecified atom stereocenters. The third-order valence-corrected chi connectivity index (χ3v) is 2.24. The van der Waals surface area contributed by atoms with E-state index in [2.05, 4.69) is 10.1 Å². The molecule has 1 heterocycles. The molecular formula is C12H15N3O2. The van der Waals surface area contributed by atoms with Crippen molar-refractivity contribution >= 4 is 0 Å². The molecule has 0 spiro atoms. The minimum absolute atomic E-state index is 0.405. The Hall–Kier alpha value is -2.04. The standard InChI is InChI=1S/C12H15N3O2/c1-3-8-17-12-13-9-15(14-12)10-4-6-11(16-2)7-5-10/h4-7,9H,3,8H2,1-2H3. The fourth-order valence-electron chi connectivity index (χ4n) is 1.37. The maximum Gasteiger partial charge on any atom is 0.335 e. The predicted octanol–water partition coefficient (Wildman–Crippen LogP) is 2.06. The minimum atomic E-state index is 0.405. The molecule has 0 N–H and O–H groups in total. The largest absolute Gasteiger partial charge is 0.497 e. The maximum absolute atomic E-state index is 5.33. The van der Waals surface area contributed by atoms with Gasteiger partial charge in [-0.1, -0.05) is 6.92 Å². The summed E-state index contributed by atoms with van der Waals surface area (Å²) in [5, 5.41) is 4.22. The van der Waals surface area contributed by atoms with Crippen molar-refractivity contribution in [2.24, 2.45) is 0 Å². The molecule has 5 nitrogen and oxygen atoms in total. The second kappa shape index (κ2) is 5.34. The Kier molecular flexibility index (Phi) is 3.59. The van der Waals surface area contributed by atoms with Crippen molar-refractivity contribution in [3.63, 3.8) is 0 Å². The molecule has 0 radical (unpaired) electrons. The van der Waals surface area contributed by atoms with E-state index in [1.807, 2.05) is 31.2 Å². The molecule has 0 aliphatic rings. The summed E-state index contributed by atoms with van der Waals surface area (Å²) in [6.45, 7) is 2.67. The van der Waals surface area contributed by atoms with Crippen LogP contribution in [0.4, 0.5) is 0 Å². The lowest BCUT2D eigenvalue weighted by atomic mass is 10.3. The molecule has 2 aromatic rings. The number of ether oxygens (including phenoxy) is 2. The number of rotatable bonds is 5. The van der Waals surface area contributed by atoms with Crippen LogP contribution in [0.1, 0.15) is 13.3 Å². The normalized spacial score (nSPS) is 10.2. The lowest BCUT2D eigenvalue weighted by molar-refractivity contribution is 0.292. The number of methoxy groups -OCH3 is 1. The lowest BCUT2D eigenvalue weighted by Gasteiger charge is -2.02. The number of aromatic nitrogens is 3. The van der Waals surface area contributed by atoms with Gasteiger partial charge in [0.15, 0.2) is 0 Å². The Balaban J connectivity index is 2.12. The van der Waals surface area contributed by atoms with E-state index in [4.69, 9.17) is 9.47 Å². The summed E-state index contributed by atoms with van der Waals surface area (Å²) >= 11 is 0. The fourth-order valence-corrected chi connectivity index (χ4v) is 1.37. The van der Waals surface area contributed by atoms with Crippen LogP contribution in [0.5, 0.6) is 11.8 Å². The number of benzene rings is 1. The zero-order chi connectivity index (χ0) is 12.1. The molecule has 0 atom stereocenters. The van der Waals surface area contributed by atoms with Crippen molar-refractivity contribution in [3.8, 4) is 17.4 Å². The Morgan fingerprint density at radius 3 is 2.65 bits per heavy atom. The molecule has 17 heavy (non-hydrogen) atoms. The molecule has 0 amide bonds. The molecular weight excluding hydrogens is 218 g/mol. The van der Waals surface area contributed by atoms with Gasteiger partial charge in [-0.2, -0.15) is 4.98 Å². The van der Waals surface area contributed by atoms with Gasteiger partial charge in [0.2, 0.25) is 0 Å². The highest BCUT2D eigenvalue weighted by molar-refractivity contribution is 5.36. The summed E-state index contributed by atoms with van der Waals surface area (Å²) < 4.78 is 12.1. The topological polar surface area (TPSA) is 49.2 Å². The van der Waals surface area contributed by atoms with Crippen molar-refractivity contribution in [1.82, 2.24) is 14.8 Å². The van der Waals surface area contributed by atoms with Gasteiger partial charge < -0.3 is 9.47 Å². The van der Waals surface area contributed by atoms with Gasteiger partial charge in [0.05, 0.1) is 19.4 Å². The first-order valence-corrected chi connectivity index (χ1v) is 5.52. The van der Waals surface area contributed by atoms with Crippen molar-refractivity contribution in [1.29, 1.82) is 0 Å². The number of nitrogens with zero attached hydrogens (tertiary/aromatic N) is 3. The average molecular weight is 233 g/mol. The Bertz CT molecular complexity index is 465. The number of hydrogen-bond donors (Lipinski definition) is 0. The fraction of sp³-hybridized carbons (Fsp3) is 0.333. The van der Waals surface area contributed by atoms with Crippen LogP contribution in [0.25, 0.3) is 5.69 Å². The van der Waals surface area contributed by atoms with E-state index in [9.17, 15) is 0 Å². The molecule has 2 rings (SSSR count). The molecule has 0 bridgehead atoms. The van der Waals surface area contributed by atoms with Gasteiger partial charge in [0, 0.05) is 0 Å². The third kappa shape index (κ3) is 2.75. The van der Waals surface area contributed by atoms with Crippen LogP contribution >= 0.6 is 0 Å². The van der Waals surface area contributed by atoms with Crippen LogP contribution in [0, 0.1) is 0 Å². The first-order valence-electron chi connectivity index (χ1n) is 5.52. The summed E-state index contributed by atoms with van der Waals surface area (Å²) in [4.78, 5) is 4.07. The average Bonchev–Trinajstić information content (AvgIpc) is 2.85. The molecule has 0 saturated carbocycles. The highest BCUT2D eigenvalue weighted by Crippen LogP contribution is 2.14. The van der Waals surface area contributed by atoms with E-state index >= 15 is 0 Å².